The van der Waals surface area contributed by atoms with Crippen LogP contribution in [0, 0.1) is 0 Å². The van der Waals surface area contributed by atoms with Gasteiger partial charge in [-0.2, -0.15) is 13.2 Å². The van der Waals surface area contributed by atoms with Crippen molar-refractivity contribution in [3.05, 3.63) is 72.2 Å². The predicted molar refractivity (Wildman–Crippen MR) is 114 cm³/mol. The topological polar surface area (TPSA) is 47.9 Å². The Hall–Kier alpha value is -3.48. The molecule has 0 aliphatic rings. The average Bonchev–Trinajstić information content (AvgIpc) is 2.78. The minimum atomic E-state index is -4.57. The maximum absolute atomic E-state index is 13.5. The summed E-state index contributed by atoms with van der Waals surface area (Å²) in [5.74, 6) is -0.417. The lowest BCUT2D eigenvalue weighted by atomic mass is 9.99. The number of nitrogens with zero attached hydrogens (tertiary/aromatic N) is 3. The second-order valence-electron chi connectivity index (χ2n) is 7.02. The summed E-state index contributed by atoms with van der Waals surface area (Å²) in [4.78, 5) is 12.7. The molecule has 0 radical (unpaired) electrons. The van der Waals surface area contributed by atoms with Crippen LogP contribution in [0.15, 0.2) is 61.1 Å². The normalized spacial score (nSPS) is 11.6. The number of rotatable bonds is 5. The SMILES string of the molecule is CCOc1ncc(-c2ccc3ncnc(-c4cccc(CC)c4)c3c2)cc1C(F)(F)F. The second kappa shape index (κ2) is 8.34. The van der Waals surface area contributed by atoms with Crippen molar-refractivity contribution in [2.75, 3.05) is 6.61 Å². The molecule has 0 aliphatic carbocycles. The summed E-state index contributed by atoms with van der Waals surface area (Å²) in [6.45, 7) is 3.80. The van der Waals surface area contributed by atoms with Gasteiger partial charge in [-0.1, -0.05) is 31.2 Å². The van der Waals surface area contributed by atoms with Gasteiger partial charge in [0, 0.05) is 22.7 Å². The van der Waals surface area contributed by atoms with Gasteiger partial charge in [0.05, 0.1) is 17.8 Å². The molecule has 0 spiro atoms. The van der Waals surface area contributed by atoms with Crippen molar-refractivity contribution < 1.29 is 17.9 Å². The first-order valence-electron chi connectivity index (χ1n) is 9.95. The van der Waals surface area contributed by atoms with Crippen LogP contribution < -0.4 is 4.74 Å². The second-order valence-corrected chi connectivity index (χ2v) is 7.02. The van der Waals surface area contributed by atoms with E-state index in [4.69, 9.17) is 4.74 Å². The Morgan fingerprint density at radius 3 is 2.45 bits per heavy atom. The van der Waals surface area contributed by atoms with E-state index in [1.165, 1.54) is 18.1 Å². The van der Waals surface area contributed by atoms with Gasteiger partial charge in [-0.15, -0.1) is 0 Å². The van der Waals surface area contributed by atoms with Gasteiger partial charge in [0.2, 0.25) is 5.88 Å². The predicted octanol–water partition coefficient (Wildman–Crippen LogP) is 6.34. The molecule has 0 amide bonds. The first-order chi connectivity index (χ1) is 14.9. The Labute approximate surface area is 177 Å². The van der Waals surface area contributed by atoms with Crippen LogP contribution in [-0.4, -0.2) is 21.6 Å². The minimum absolute atomic E-state index is 0.100. The van der Waals surface area contributed by atoms with E-state index < -0.39 is 17.6 Å². The summed E-state index contributed by atoms with van der Waals surface area (Å²) in [5, 5.41) is 0.760. The van der Waals surface area contributed by atoms with Crippen LogP contribution in [-0.2, 0) is 12.6 Å². The molecule has 0 saturated heterocycles. The summed E-state index contributed by atoms with van der Waals surface area (Å²) in [7, 11) is 0. The molecular weight excluding hydrogens is 403 g/mol. The number of aryl methyl sites for hydroxylation is 1. The molecule has 0 saturated carbocycles. The molecule has 0 atom stereocenters. The van der Waals surface area contributed by atoms with Crippen LogP contribution >= 0.6 is 0 Å². The highest BCUT2D eigenvalue weighted by Gasteiger charge is 2.35. The Morgan fingerprint density at radius 2 is 1.71 bits per heavy atom. The Kier molecular flexibility index (Phi) is 5.59. The third kappa shape index (κ3) is 4.21. The monoisotopic (exact) mass is 423 g/mol. The fourth-order valence-electron chi connectivity index (χ4n) is 3.47. The number of ether oxygens (including phenoxy) is 1. The van der Waals surface area contributed by atoms with E-state index in [1.54, 1.807) is 25.1 Å². The Morgan fingerprint density at radius 1 is 0.871 bits per heavy atom. The molecule has 4 rings (SSSR count). The molecule has 0 bridgehead atoms. The summed E-state index contributed by atoms with van der Waals surface area (Å²) < 4.78 is 45.7. The lowest BCUT2D eigenvalue weighted by molar-refractivity contribution is -0.139. The Balaban J connectivity index is 1.86. The molecule has 4 aromatic rings. The van der Waals surface area contributed by atoms with Crippen LogP contribution in [0.2, 0.25) is 0 Å². The first kappa shape index (κ1) is 20.8. The number of benzene rings is 2. The van der Waals surface area contributed by atoms with E-state index >= 15 is 0 Å². The van der Waals surface area contributed by atoms with E-state index in [1.807, 2.05) is 18.2 Å². The summed E-state index contributed by atoms with van der Waals surface area (Å²) in [6, 6.07) is 14.4. The molecule has 0 aliphatic heterocycles. The lowest BCUT2D eigenvalue weighted by Gasteiger charge is -2.14. The highest BCUT2D eigenvalue weighted by atomic mass is 19.4. The molecule has 0 N–H and O–H groups in total. The Bertz CT molecular complexity index is 1240. The lowest BCUT2D eigenvalue weighted by Crippen LogP contribution is -2.10. The van der Waals surface area contributed by atoms with Crippen LogP contribution in [0.3, 0.4) is 0 Å². The fourth-order valence-corrected chi connectivity index (χ4v) is 3.47. The van der Waals surface area contributed by atoms with E-state index in [-0.39, 0.29) is 6.61 Å². The van der Waals surface area contributed by atoms with E-state index in [2.05, 4.69) is 27.9 Å². The van der Waals surface area contributed by atoms with Gasteiger partial charge in [0.15, 0.2) is 0 Å². The standard InChI is InChI=1S/C24H20F3N3O/c1-3-15-6-5-7-17(10-15)22-19-11-16(8-9-21(19)29-14-30-22)18-12-20(24(25,26)27)23(28-13-18)31-4-2/h5-14H,3-4H2,1-2H3. The number of pyridine rings is 1. The van der Waals surface area contributed by atoms with Crippen molar-refractivity contribution >= 4 is 10.9 Å². The van der Waals surface area contributed by atoms with Gasteiger partial charge in [-0.25, -0.2) is 15.0 Å². The van der Waals surface area contributed by atoms with Gasteiger partial charge >= 0.3 is 6.18 Å². The summed E-state index contributed by atoms with van der Waals surface area (Å²) >= 11 is 0. The van der Waals surface area contributed by atoms with Crippen LogP contribution in [0.25, 0.3) is 33.3 Å². The molecule has 4 nitrogen and oxygen atoms in total. The fraction of sp³-hybridized carbons (Fsp3) is 0.208. The number of hydrogen-bond donors (Lipinski definition) is 0. The maximum atomic E-state index is 13.5. The van der Waals surface area contributed by atoms with Crippen LogP contribution in [0.5, 0.6) is 5.88 Å². The first-order valence-corrected chi connectivity index (χ1v) is 9.95. The van der Waals surface area contributed by atoms with Gasteiger partial charge in [-0.3, -0.25) is 0 Å². The molecular formula is C24H20F3N3O. The summed E-state index contributed by atoms with van der Waals surface area (Å²) in [5.41, 5.74) is 3.59. The molecule has 158 valence electrons. The smallest absolute Gasteiger partial charge is 0.421 e. The van der Waals surface area contributed by atoms with Gasteiger partial charge in [0.1, 0.15) is 11.9 Å². The molecule has 0 fully saturated rings. The average molecular weight is 423 g/mol. The molecule has 7 heteroatoms. The highest BCUT2D eigenvalue weighted by molar-refractivity contribution is 5.95. The van der Waals surface area contributed by atoms with Crippen molar-refractivity contribution in [2.24, 2.45) is 0 Å². The van der Waals surface area contributed by atoms with Gasteiger partial charge in [0.25, 0.3) is 0 Å². The number of hydrogen-bond acceptors (Lipinski definition) is 4. The summed E-state index contributed by atoms with van der Waals surface area (Å²) in [6.07, 6.45) is -0.794. The van der Waals surface area contributed by atoms with Crippen molar-refractivity contribution in [2.45, 2.75) is 26.4 Å². The quantitative estimate of drug-likeness (QED) is 0.376. The number of alkyl halides is 3. The van der Waals surface area contributed by atoms with Gasteiger partial charge < -0.3 is 4.74 Å². The van der Waals surface area contributed by atoms with Gasteiger partial charge in [-0.05, 0) is 48.7 Å². The maximum Gasteiger partial charge on any atom is 0.421 e. The molecule has 2 aromatic carbocycles. The van der Waals surface area contributed by atoms with Crippen molar-refractivity contribution in [1.29, 1.82) is 0 Å². The van der Waals surface area contributed by atoms with E-state index in [0.717, 1.165) is 29.1 Å². The number of fused-ring (bicyclic) bond motifs is 1. The molecule has 0 unspecified atom stereocenters. The third-order valence-electron chi connectivity index (χ3n) is 5.01. The van der Waals surface area contributed by atoms with Crippen molar-refractivity contribution in [3.8, 4) is 28.3 Å². The van der Waals surface area contributed by atoms with Crippen molar-refractivity contribution in [3.63, 3.8) is 0 Å². The van der Waals surface area contributed by atoms with Crippen LogP contribution in [0.4, 0.5) is 13.2 Å². The molecule has 31 heavy (non-hydrogen) atoms. The van der Waals surface area contributed by atoms with Crippen molar-refractivity contribution in [1.82, 2.24) is 15.0 Å². The largest absolute Gasteiger partial charge is 0.478 e. The number of halogens is 3. The minimum Gasteiger partial charge on any atom is -0.478 e. The third-order valence-corrected chi connectivity index (χ3v) is 5.01. The highest BCUT2D eigenvalue weighted by Crippen LogP contribution is 2.38. The number of aromatic nitrogens is 3. The zero-order valence-electron chi connectivity index (χ0n) is 17.1. The molecule has 2 aromatic heterocycles. The zero-order chi connectivity index (χ0) is 22.0. The van der Waals surface area contributed by atoms with E-state index in [0.29, 0.717) is 16.6 Å². The molecule has 2 heterocycles. The zero-order valence-corrected chi connectivity index (χ0v) is 17.1. The van der Waals surface area contributed by atoms with E-state index in [9.17, 15) is 13.2 Å². The van der Waals surface area contributed by atoms with Crippen LogP contribution in [0.1, 0.15) is 25.0 Å².